The van der Waals surface area contributed by atoms with Gasteiger partial charge in [-0.1, -0.05) is 12.1 Å². The smallest absolute Gasteiger partial charge is 0.164 e. The molecule has 1 heterocycles. The van der Waals surface area contributed by atoms with Gasteiger partial charge in [0.1, 0.15) is 0 Å². The van der Waals surface area contributed by atoms with Crippen LogP contribution in [0.25, 0.3) is 0 Å². The fraction of sp³-hybridized carbons (Fsp3) is 0.529. The number of methoxy groups -OCH3 is 2. The Hall–Kier alpha value is -1.48. The molecule has 2 atom stereocenters. The molecule has 3 nitrogen and oxygen atoms in total. The lowest BCUT2D eigenvalue weighted by atomic mass is 9.76. The number of fused-ring (bicyclic) bond motifs is 3. The van der Waals surface area contributed by atoms with Crippen LogP contribution in [0.2, 0.25) is 0 Å². The molecule has 2 unspecified atom stereocenters. The third-order valence-electron chi connectivity index (χ3n) is 4.75. The highest BCUT2D eigenvalue weighted by molar-refractivity contribution is 5.53. The molecule has 0 amide bonds. The Morgan fingerprint density at radius 2 is 2.15 bits per heavy atom. The van der Waals surface area contributed by atoms with E-state index in [2.05, 4.69) is 23.6 Å². The van der Waals surface area contributed by atoms with E-state index in [1.165, 1.54) is 24.1 Å². The van der Waals surface area contributed by atoms with Crippen LogP contribution in [0.4, 0.5) is 0 Å². The van der Waals surface area contributed by atoms with Gasteiger partial charge >= 0.3 is 0 Å². The van der Waals surface area contributed by atoms with Crippen LogP contribution in [-0.2, 0) is 6.42 Å². The Bertz CT molecular complexity index is 512. The van der Waals surface area contributed by atoms with E-state index < -0.39 is 0 Å². The number of hydrogen-bond acceptors (Lipinski definition) is 3. The van der Waals surface area contributed by atoms with Crippen molar-refractivity contribution in [2.24, 2.45) is 5.92 Å². The Kier molecular flexibility index (Phi) is 3.70. The summed E-state index contributed by atoms with van der Waals surface area (Å²) in [4.78, 5) is 2.51. The normalized spacial score (nSPS) is 24.9. The van der Waals surface area contributed by atoms with Crippen LogP contribution in [0.5, 0.6) is 11.5 Å². The first-order chi connectivity index (χ1) is 9.78. The van der Waals surface area contributed by atoms with Crippen molar-refractivity contribution < 1.29 is 9.47 Å². The molecule has 20 heavy (non-hydrogen) atoms. The zero-order valence-electron chi connectivity index (χ0n) is 12.4. The lowest BCUT2D eigenvalue weighted by Gasteiger charge is -2.29. The summed E-state index contributed by atoms with van der Waals surface area (Å²) in [5.74, 6) is 3.20. The molecule has 1 aliphatic heterocycles. The second-order valence-corrected chi connectivity index (χ2v) is 5.78. The number of rotatable bonds is 4. The summed E-state index contributed by atoms with van der Waals surface area (Å²) in [7, 11) is 3.44. The summed E-state index contributed by atoms with van der Waals surface area (Å²) in [6.45, 7) is 7.19. The molecule has 0 radical (unpaired) electrons. The summed E-state index contributed by atoms with van der Waals surface area (Å²) < 4.78 is 11.0. The highest BCUT2D eigenvalue weighted by Crippen LogP contribution is 2.46. The van der Waals surface area contributed by atoms with E-state index >= 15 is 0 Å². The second-order valence-electron chi connectivity index (χ2n) is 5.78. The second kappa shape index (κ2) is 5.49. The van der Waals surface area contributed by atoms with Gasteiger partial charge in [-0.05, 0) is 30.4 Å². The van der Waals surface area contributed by atoms with E-state index in [1.54, 1.807) is 14.2 Å². The Labute approximate surface area is 121 Å². The van der Waals surface area contributed by atoms with Crippen molar-refractivity contribution in [2.75, 3.05) is 33.9 Å². The summed E-state index contributed by atoms with van der Waals surface area (Å²) in [6.07, 6.45) is 4.35. The molecule has 2 aliphatic rings. The topological polar surface area (TPSA) is 21.7 Å². The largest absolute Gasteiger partial charge is 0.493 e. The molecule has 1 fully saturated rings. The molecule has 0 spiro atoms. The van der Waals surface area contributed by atoms with Crippen LogP contribution in [0.1, 0.15) is 23.5 Å². The van der Waals surface area contributed by atoms with Gasteiger partial charge in [0.25, 0.3) is 0 Å². The first-order valence-corrected chi connectivity index (χ1v) is 7.35. The minimum absolute atomic E-state index is 0.638. The molecule has 1 aromatic carbocycles. The highest BCUT2D eigenvalue weighted by Gasteiger charge is 2.38. The summed E-state index contributed by atoms with van der Waals surface area (Å²) >= 11 is 0. The van der Waals surface area contributed by atoms with Crippen molar-refractivity contribution in [1.29, 1.82) is 0 Å². The van der Waals surface area contributed by atoms with Gasteiger partial charge in [0.15, 0.2) is 11.5 Å². The Balaban J connectivity index is 1.95. The van der Waals surface area contributed by atoms with Gasteiger partial charge in [0.05, 0.1) is 14.2 Å². The maximum absolute atomic E-state index is 5.60. The highest BCUT2D eigenvalue weighted by atomic mass is 16.5. The van der Waals surface area contributed by atoms with Crippen LogP contribution in [-0.4, -0.2) is 38.8 Å². The van der Waals surface area contributed by atoms with Gasteiger partial charge in [-0.15, -0.1) is 6.58 Å². The molecular formula is C17H23NO2. The lowest BCUT2D eigenvalue weighted by molar-refractivity contribution is 0.341. The fourth-order valence-corrected chi connectivity index (χ4v) is 3.88. The average Bonchev–Trinajstić information content (AvgIpc) is 2.89. The van der Waals surface area contributed by atoms with Crippen molar-refractivity contribution in [3.8, 4) is 11.5 Å². The van der Waals surface area contributed by atoms with E-state index in [9.17, 15) is 0 Å². The first-order valence-electron chi connectivity index (χ1n) is 7.35. The maximum Gasteiger partial charge on any atom is 0.164 e. The number of likely N-dealkylation sites (tertiary alicyclic amines) is 1. The van der Waals surface area contributed by atoms with Crippen LogP contribution >= 0.6 is 0 Å². The van der Waals surface area contributed by atoms with Crippen LogP contribution in [0.3, 0.4) is 0 Å². The van der Waals surface area contributed by atoms with E-state index in [0.29, 0.717) is 5.92 Å². The monoisotopic (exact) mass is 273 g/mol. The zero-order valence-corrected chi connectivity index (χ0v) is 12.4. The van der Waals surface area contributed by atoms with Crippen LogP contribution in [0.15, 0.2) is 24.8 Å². The molecule has 0 aromatic heterocycles. The quantitative estimate of drug-likeness (QED) is 0.787. The minimum Gasteiger partial charge on any atom is -0.493 e. The van der Waals surface area contributed by atoms with Gasteiger partial charge in [-0.2, -0.15) is 0 Å². The van der Waals surface area contributed by atoms with Gasteiger partial charge in [0, 0.05) is 31.1 Å². The third-order valence-corrected chi connectivity index (χ3v) is 4.75. The van der Waals surface area contributed by atoms with Gasteiger partial charge < -0.3 is 9.47 Å². The van der Waals surface area contributed by atoms with E-state index in [-0.39, 0.29) is 0 Å². The van der Waals surface area contributed by atoms with E-state index in [1.807, 2.05) is 6.08 Å². The number of ether oxygens (including phenoxy) is 2. The summed E-state index contributed by atoms with van der Waals surface area (Å²) in [5.41, 5.74) is 2.82. The molecule has 1 aliphatic carbocycles. The average molecular weight is 273 g/mol. The minimum atomic E-state index is 0.638. The van der Waals surface area contributed by atoms with Crippen LogP contribution < -0.4 is 9.47 Å². The Morgan fingerprint density at radius 3 is 2.85 bits per heavy atom. The van der Waals surface area contributed by atoms with Crippen molar-refractivity contribution >= 4 is 0 Å². The lowest BCUT2D eigenvalue weighted by Crippen LogP contribution is -2.20. The third kappa shape index (κ3) is 2.10. The van der Waals surface area contributed by atoms with Gasteiger partial charge in [0.2, 0.25) is 0 Å². The predicted octanol–water partition coefficient (Wildman–Crippen LogP) is 2.85. The molecule has 108 valence electrons. The number of benzene rings is 1. The Morgan fingerprint density at radius 1 is 1.30 bits per heavy atom. The SMILES string of the molecule is C=CCN1CC2CCc3c(ccc(OC)c3OC)C2C1. The summed E-state index contributed by atoms with van der Waals surface area (Å²) in [6, 6.07) is 4.29. The number of hydrogen-bond donors (Lipinski definition) is 0. The van der Waals surface area contributed by atoms with Crippen LogP contribution in [0, 0.1) is 5.92 Å². The molecule has 0 N–H and O–H groups in total. The molecule has 3 heteroatoms. The van der Waals surface area contributed by atoms with Crippen molar-refractivity contribution in [1.82, 2.24) is 4.90 Å². The molecule has 1 saturated heterocycles. The van der Waals surface area contributed by atoms with Crippen molar-refractivity contribution in [2.45, 2.75) is 18.8 Å². The standard InChI is InChI=1S/C17H23NO2/c1-4-9-18-10-12-5-6-14-13(15(12)11-18)7-8-16(19-2)17(14)20-3/h4,7-8,12,15H,1,5-6,9-11H2,2-3H3. The molecule has 0 saturated carbocycles. The van der Waals surface area contributed by atoms with Gasteiger partial charge in [-0.25, -0.2) is 0 Å². The predicted molar refractivity (Wildman–Crippen MR) is 80.7 cm³/mol. The van der Waals surface area contributed by atoms with Crippen molar-refractivity contribution in [3.63, 3.8) is 0 Å². The fourth-order valence-electron chi connectivity index (χ4n) is 3.88. The van der Waals surface area contributed by atoms with Crippen molar-refractivity contribution in [3.05, 3.63) is 35.9 Å². The molecular weight excluding hydrogens is 250 g/mol. The van der Waals surface area contributed by atoms with Gasteiger partial charge in [-0.3, -0.25) is 4.90 Å². The molecule has 1 aromatic rings. The molecule has 3 rings (SSSR count). The summed E-state index contributed by atoms with van der Waals surface area (Å²) in [5, 5.41) is 0. The molecule has 0 bridgehead atoms. The maximum atomic E-state index is 5.60. The first kappa shape index (κ1) is 13.5. The zero-order chi connectivity index (χ0) is 14.1. The number of nitrogens with zero attached hydrogens (tertiary/aromatic N) is 1. The van der Waals surface area contributed by atoms with E-state index in [0.717, 1.165) is 36.9 Å². The van der Waals surface area contributed by atoms with E-state index in [4.69, 9.17) is 9.47 Å².